The van der Waals surface area contributed by atoms with E-state index in [1.807, 2.05) is 0 Å². The van der Waals surface area contributed by atoms with Crippen LogP contribution in [0.25, 0.3) is 11.7 Å². The molecule has 0 saturated heterocycles. The van der Waals surface area contributed by atoms with Crippen LogP contribution < -0.4 is 0 Å². The summed E-state index contributed by atoms with van der Waals surface area (Å²) in [6, 6.07) is 3.37. The minimum Gasteiger partial charge on any atom is -0.479 e. The molecule has 1 N–H and O–H groups in total. The highest BCUT2D eigenvalue weighted by Gasteiger charge is 2.27. The lowest BCUT2D eigenvalue weighted by Crippen LogP contribution is -2.06. The number of hydrogen-bond acceptors (Lipinski definition) is 8. The zero-order chi connectivity index (χ0) is 18.1. The number of fused-ring (bicyclic) bond motifs is 1. The van der Waals surface area contributed by atoms with Gasteiger partial charge in [0, 0.05) is 4.88 Å². The molecule has 0 saturated carbocycles. The molecule has 0 aliphatic heterocycles. The van der Waals surface area contributed by atoms with Crippen molar-refractivity contribution in [2.75, 3.05) is 6.61 Å². The van der Waals surface area contributed by atoms with Crippen molar-refractivity contribution in [3.8, 4) is 17.6 Å². The predicted molar refractivity (Wildman–Crippen MR) is 95.4 cm³/mol. The zero-order valence-electron chi connectivity index (χ0n) is 14.0. The maximum Gasteiger partial charge on any atom is 0.341 e. The van der Waals surface area contributed by atoms with E-state index in [-0.39, 0.29) is 23.5 Å². The molecule has 0 spiro atoms. The number of aliphatic imine (C=N–C) groups is 1. The number of carbonyl (C=O) groups excluding carboxylic acids is 1. The molecule has 3 aromatic rings. The third-order valence-electron chi connectivity index (χ3n) is 4.05. The smallest absolute Gasteiger partial charge is 0.341 e. The van der Waals surface area contributed by atoms with Gasteiger partial charge in [0.05, 0.1) is 24.6 Å². The summed E-state index contributed by atoms with van der Waals surface area (Å²) in [5.74, 6) is -0.155. The third-order valence-corrected chi connectivity index (χ3v) is 5.25. The number of rotatable bonds is 5. The first-order chi connectivity index (χ1) is 12.7. The molecule has 0 atom stereocenters. The number of nitrogens with zero attached hydrogens (tertiary/aromatic N) is 2. The summed E-state index contributed by atoms with van der Waals surface area (Å²) in [5.41, 5.74) is 1.72. The van der Waals surface area contributed by atoms with Crippen molar-refractivity contribution in [1.29, 1.82) is 0 Å². The van der Waals surface area contributed by atoms with Crippen molar-refractivity contribution in [2.24, 2.45) is 4.99 Å². The lowest BCUT2D eigenvalue weighted by molar-refractivity contribution is 0.0527. The Hall–Kier alpha value is -2.87. The van der Waals surface area contributed by atoms with Gasteiger partial charge in [0.15, 0.2) is 11.5 Å². The number of carbonyl (C=O) groups is 1. The van der Waals surface area contributed by atoms with Crippen LogP contribution in [0, 0.1) is 0 Å². The molecule has 3 aromatic heterocycles. The zero-order valence-corrected chi connectivity index (χ0v) is 14.8. The van der Waals surface area contributed by atoms with Crippen molar-refractivity contribution in [2.45, 2.75) is 26.2 Å². The molecule has 0 amide bonds. The summed E-state index contributed by atoms with van der Waals surface area (Å²) in [4.78, 5) is 22.1. The standard InChI is InChI=1S/C18H16N2O5S/c1-2-23-18(22)14-10-5-3-7-13(10)26-16(14)19-9-11-17(21)25-15(20-11)12-6-4-8-24-12/h4,6,8-9,21H,2-3,5,7H2,1H3/b19-9+. The van der Waals surface area contributed by atoms with Gasteiger partial charge in [-0.05, 0) is 43.9 Å². The average Bonchev–Trinajstić information content (AvgIpc) is 3.37. The first-order valence-electron chi connectivity index (χ1n) is 8.26. The van der Waals surface area contributed by atoms with Crippen molar-refractivity contribution in [1.82, 2.24) is 4.98 Å². The molecule has 0 aromatic carbocycles. The summed E-state index contributed by atoms with van der Waals surface area (Å²) in [6.07, 6.45) is 5.71. The Morgan fingerprint density at radius 2 is 2.38 bits per heavy atom. The molecule has 1 aliphatic carbocycles. The highest BCUT2D eigenvalue weighted by atomic mass is 32.1. The Kier molecular flexibility index (Phi) is 4.34. The highest BCUT2D eigenvalue weighted by Crippen LogP contribution is 2.41. The molecule has 0 radical (unpaired) electrons. The van der Waals surface area contributed by atoms with Crippen molar-refractivity contribution in [3.63, 3.8) is 0 Å². The minimum absolute atomic E-state index is 0.160. The van der Waals surface area contributed by atoms with Crippen molar-refractivity contribution >= 4 is 28.5 Å². The fourth-order valence-corrected chi connectivity index (χ4v) is 4.15. The Bertz CT molecular complexity index is 968. The molecular formula is C18H16N2O5S. The number of hydrogen-bond donors (Lipinski definition) is 1. The second-order valence-corrected chi connectivity index (χ2v) is 6.79. The van der Waals surface area contributed by atoms with Gasteiger partial charge in [-0.15, -0.1) is 11.3 Å². The Balaban J connectivity index is 1.66. The van der Waals surface area contributed by atoms with Gasteiger partial charge in [-0.1, -0.05) is 0 Å². The van der Waals surface area contributed by atoms with Gasteiger partial charge < -0.3 is 18.7 Å². The summed E-state index contributed by atoms with van der Waals surface area (Å²) >= 11 is 1.48. The minimum atomic E-state index is -0.361. The Labute approximate surface area is 153 Å². The van der Waals surface area contributed by atoms with Crippen LogP contribution in [0.4, 0.5) is 5.00 Å². The van der Waals surface area contributed by atoms with Crippen LogP contribution in [0.15, 0.2) is 32.2 Å². The first-order valence-corrected chi connectivity index (χ1v) is 9.08. The van der Waals surface area contributed by atoms with E-state index in [0.717, 1.165) is 24.8 Å². The van der Waals surface area contributed by atoms with E-state index in [2.05, 4.69) is 9.98 Å². The molecule has 26 heavy (non-hydrogen) atoms. The predicted octanol–water partition coefficient (Wildman–Crippen LogP) is 4.12. The van der Waals surface area contributed by atoms with Crippen LogP contribution in [0.2, 0.25) is 0 Å². The van der Waals surface area contributed by atoms with Gasteiger partial charge in [0.25, 0.3) is 5.89 Å². The van der Waals surface area contributed by atoms with Gasteiger partial charge in [0.2, 0.25) is 0 Å². The topological polar surface area (TPSA) is 98.1 Å². The molecule has 134 valence electrons. The normalized spacial score (nSPS) is 13.4. The third kappa shape index (κ3) is 2.92. The molecule has 4 rings (SSSR count). The van der Waals surface area contributed by atoms with E-state index in [1.165, 1.54) is 28.7 Å². The van der Waals surface area contributed by atoms with Gasteiger partial charge >= 0.3 is 11.9 Å². The van der Waals surface area contributed by atoms with Crippen LogP contribution in [-0.2, 0) is 17.6 Å². The lowest BCUT2D eigenvalue weighted by atomic mass is 10.1. The van der Waals surface area contributed by atoms with Crippen LogP contribution in [0.3, 0.4) is 0 Å². The fraction of sp³-hybridized carbons (Fsp3) is 0.278. The number of thiophene rings is 1. The van der Waals surface area contributed by atoms with Crippen LogP contribution in [-0.4, -0.2) is 28.9 Å². The number of esters is 1. The van der Waals surface area contributed by atoms with Gasteiger partial charge in [-0.2, -0.15) is 0 Å². The molecular weight excluding hydrogens is 356 g/mol. The number of oxazole rings is 1. The van der Waals surface area contributed by atoms with Crippen LogP contribution >= 0.6 is 11.3 Å². The van der Waals surface area contributed by atoms with Crippen LogP contribution in [0.1, 0.15) is 39.8 Å². The van der Waals surface area contributed by atoms with E-state index in [4.69, 9.17) is 13.6 Å². The molecule has 1 aliphatic rings. The van der Waals surface area contributed by atoms with Gasteiger partial charge in [-0.25, -0.2) is 14.8 Å². The molecule has 0 bridgehead atoms. The first kappa shape index (κ1) is 16.6. The number of furan rings is 1. The Morgan fingerprint density at radius 3 is 3.15 bits per heavy atom. The number of aryl methyl sites for hydroxylation is 1. The van der Waals surface area contributed by atoms with E-state index in [9.17, 15) is 9.90 Å². The quantitative estimate of drug-likeness (QED) is 0.534. The van der Waals surface area contributed by atoms with Gasteiger partial charge in [0.1, 0.15) is 5.00 Å². The maximum absolute atomic E-state index is 12.3. The Morgan fingerprint density at radius 1 is 1.50 bits per heavy atom. The summed E-state index contributed by atoms with van der Waals surface area (Å²) in [5, 5.41) is 10.5. The maximum atomic E-state index is 12.3. The monoisotopic (exact) mass is 372 g/mol. The second-order valence-electron chi connectivity index (χ2n) is 5.70. The summed E-state index contributed by atoms with van der Waals surface area (Å²) in [7, 11) is 0. The average molecular weight is 372 g/mol. The molecule has 8 heteroatoms. The molecule has 0 unspecified atom stereocenters. The molecule has 7 nitrogen and oxygen atoms in total. The number of ether oxygens (including phenoxy) is 1. The summed E-state index contributed by atoms with van der Waals surface area (Å²) in [6.45, 7) is 2.08. The van der Waals surface area contributed by atoms with E-state index in [0.29, 0.717) is 22.9 Å². The molecule has 0 fully saturated rings. The highest BCUT2D eigenvalue weighted by molar-refractivity contribution is 7.16. The van der Waals surface area contributed by atoms with E-state index in [1.54, 1.807) is 19.1 Å². The van der Waals surface area contributed by atoms with E-state index >= 15 is 0 Å². The molecule has 3 heterocycles. The SMILES string of the molecule is CCOC(=O)c1c(/N=C/c2nc(-c3ccco3)oc2O)sc2c1CCC2. The van der Waals surface area contributed by atoms with Crippen molar-refractivity contribution < 1.29 is 23.5 Å². The van der Waals surface area contributed by atoms with Crippen molar-refractivity contribution in [3.05, 3.63) is 40.1 Å². The van der Waals surface area contributed by atoms with Gasteiger partial charge in [-0.3, -0.25) is 0 Å². The largest absolute Gasteiger partial charge is 0.479 e. The van der Waals surface area contributed by atoms with Crippen LogP contribution in [0.5, 0.6) is 5.95 Å². The second kappa shape index (κ2) is 6.80. The number of aromatic hydroxyl groups is 1. The summed E-state index contributed by atoms with van der Waals surface area (Å²) < 4.78 is 15.6. The lowest BCUT2D eigenvalue weighted by Gasteiger charge is -2.03. The van der Waals surface area contributed by atoms with E-state index < -0.39 is 0 Å². The fourth-order valence-electron chi connectivity index (χ4n) is 2.93. The number of aromatic nitrogens is 1.